The Morgan fingerprint density at radius 3 is 2.62 bits per heavy atom. The van der Waals surface area contributed by atoms with Crippen molar-refractivity contribution in [2.45, 2.75) is 50.4 Å². The van der Waals surface area contributed by atoms with E-state index in [2.05, 4.69) is 15.3 Å². The molecule has 8 heteroatoms. The molecule has 0 spiro atoms. The van der Waals surface area contributed by atoms with E-state index in [4.69, 9.17) is 4.74 Å². The summed E-state index contributed by atoms with van der Waals surface area (Å²) < 4.78 is 28.1. The van der Waals surface area contributed by atoms with E-state index >= 15 is 0 Å². The molecular weight excluding hydrogens is 294 g/mol. The van der Waals surface area contributed by atoms with Gasteiger partial charge in [0.2, 0.25) is 15.0 Å². The summed E-state index contributed by atoms with van der Waals surface area (Å²) in [7, 11) is -3.42. The lowest BCUT2D eigenvalue weighted by Gasteiger charge is -2.21. The van der Waals surface area contributed by atoms with E-state index in [9.17, 15) is 13.2 Å². The fourth-order valence-corrected chi connectivity index (χ4v) is 2.62. The first-order chi connectivity index (χ1) is 9.54. The first kappa shape index (κ1) is 15.7. The van der Waals surface area contributed by atoms with Gasteiger partial charge in [0.1, 0.15) is 5.60 Å². The van der Waals surface area contributed by atoms with Crippen LogP contribution in [0.15, 0.2) is 11.4 Å². The van der Waals surface area contributed by atoms with Crippen LogP contribution in [-0.2, 0) is 27.4 Å². The van der Waals surface area contributed by atoms with Crippen LogP contribution < -0.4 is 5.32 Å². The van der Waals surface area contributed by atoms with Gasteiger partial charge in [-0.15, -0.1) is 0 Å². The molecule has 1 aliphatic carbocycles. The van der Waals surface area contributed by atoms with Crippen molar-refractivity contribution in [3.8, 4) is 0 Å². The number of hydrogen-bond donors (Lipinski definition) is 1. The van der Waals surface area contributed by atoms with Gasteiger partial charge in [-0.3, -0.25) is 0 Å². The number of rotatable bonds is 2. The summed E-state index contributed by atoms with van der Waals surface area (Å²) in [6.45, 7) is 5.37. The van der Waals surface area contributed by atoms with Gasteiger partial charge >= 0.3 is 6.09 Å². The molecule has 1 amide bonds. The fourth-order valence-electron chi connectivity index (χ4n) is 2.10. The number of carbonyl (C=O) groups excluding carboxylic acids is 1. The average molecular weight is 313 g/mol. The number of fused-ring (bicyclic) bond motifs is 1. The standard InChI is InChI=1S/C13H19N3O4S/c1-13(2,3)20-12(17)15-9-5-8-7-14-11(21(4,18)19)16-10(8)6-9/h7,9H,5-6H2,1-4H3,(H,15,17). The minimum atomic E-state index is -3.42. The summed E-state index contributed by atoms with van der Waals surface area (Å²) in [6.07, 6.45) is 3.13. The van der Waals surface area contributed by atoms with Crippen LogP contribution in [-0.4, -0.2) is 42.4 Å². The molecule has 1 aliphatic rings. The second-order valence-corrected chi connectivity index (χ2v) is 8.06. The van der Waals surface area contributed by atoms with E-state index in [-0.39, 0.29) is 11.2 Å². The first-order valence-electron chi connectivity index (χ1n) is 6.59. The van der Waals surface area contributed by atoms with Gasteiger partial charge in [0.15, 0.2) is 0 Å². The van der Waals surface area contributed by atoms with E-state index in [0.717, 1.165) is 11.8 Å². The molecule has 2 rings (SSSR count). The van der Waals surface area contributed by atoms with Crippen LogP contribution in [0.3, 0.4) is 0 Å². The third-order valence-electron chi connectivity index (χ3n) is 2.89. The van der Waals surface area contributed by atoms with Crippen LogP contribution >= 0.6 is 0 Å². The van der Waals surface area contributed by atoms with Crippen LogP contribution in [0.1, 0.15) is 32.0 Å². The molecule has 1 aromatic heterocycles. The highest BCUT2D eigenvalue weighted by Gasteiger charge is 2.28. The van der Waals surface area contributed by atoms with Crippen molar-refractivity contribution in [2.75, 3.05) is 6.26 Å². The molecule has 1 atom stereocenters. The van der Waals surface area contributed by atoms with Crippen molar-refractivity contribution < 1.29 is 17.9 Å². The van der Waals surface area contributed by atoms with Gasteiger partial charge in [-0.05, 0) is 32.8 Å². The SMILES string of the molecule is CC(C)(C)OC(=O)NC1Cc2cnc(S(C)(=O)=O)nc2C1. The van der Waals surface area contributed by atoms with Crippen LogP contribution in [0.2, 0.25) is 0 Å². The molecule has 21 heavy (non-hydrogen) atoms. The van der Waals surface area contributed by atoms with E-state index < -0.39 is 21.5 Å². The molecule has 0 bridgehead atoms. The molecule has 1 heterocycles. The third-order valence-corrected chi connectivity index (χ3v) is 3.75. The van der Waals surface area contributed by atoms with Crippen LogP contribution in [0.4, 0.5) is 4.79 Å². The van der Waals surface area contributed by atoms with Gasteiger partial charge in [-0.1, -0.05) is 0 Å². The van der Waals surface area contributed by atoms with Crippen LogP contribution in [0.5, 0.6) is 0 Å². The molecule has 7 nitrogen and oxygen atoms in total. The number of hydrogen-bond acceptors (Lipinski definition) is 6. The summed E-state index contributed by atoms with van der Waals surface area (Å²) in [4.78, 5) is 19.6. The number of nitrogens with one attached hydrogen (secondary N) is 1. The fraction of sp³-hybridized carbons (Fsp3) is 0.615. The Bertz CT molecular complexity index is 664. The Hall–Kier alpha value is -1.70. The van der Waals surface area contributed by atoms with E-state index in [0.29, 0.717) is 18.5 Å². The van der Waals surface area contributed by atoms with Gasteiger partial charge in [-0.25, -0.2) is 23.2 Å². The van der Waals surface area contributed by atoms with E-state index in [1.54, 1.807) is 20.8 Å². The molecule has 1 unspecified atom stereocenters. The number of aromatic nitrogens is 2. The van der Waals surface area contributed by atoms with Crippen molar-refractivity contribution in [3.63, 3.8) is 0 Å². The Morgan fingerprint density at radius 1 is 1.38 bits per heavy atom. The third kappa shape index (κ3) is 4.13. The zero-order valence-corrected chi connectivity index (χ0v) is 13.3. The van der Waals surface area contributed by atoms with Crippen LogP contribution in [0, 0.1) is 0 Å². The lowest BCUT2D eigenvalue weighted by Crippen LogP contribution is -2.39. The number of carbonyl (C=O) groups is 1. The maximum atomic E-state index is 11.7. The molecule has 0 aliphatic heterocycles. The minimum absolute atomic E-state index is 0.154. The van der Waals surface area contributed by atoms with Crippen molar-refractivity contribution in [1.29, 1.82) is 0 Å². The molecule has 0 radical (unpaired) electrons. The molecular formula is C13H19N3O4S. The maximum Gasteiger partial charge on any atom is 0.407 e. The van der Waals surface area contributed by atoms with Crippen LogP contribution in [0.25, 0.3) is 0 Å². The predicted octanol–water partition coefficient (Wildman–Crippen LogP) is 0.872. The Balaban J connectivity index is 2.05. The number of nitrogens with zero attached hydrogens (tertiary/aromatic N) is 2. The molecule has 1 N–H and O–H groups in total. The summed E-state index contributed by atoms with van der Waals surface area (Å²) in [5.74, 6) is 0. The van der Waals surface area contributed by atoms with Gasteiger partial charge in [0.25, 0.3) is 0 Å². The summed E-state index contributed by atoms with van der Waals surface area (Å²) in [5, 5.41) is 2.58. The highest BCUT2D eigenvalue weighted by molar-refractivity contribution is 7.90. The number of alkyl carbamates (subject to hydrolysis) is 1. The Labute approximate surface area is 124 Å². The quantitative estimate of drug-likeness (QED) is 0.814. The smallest absolute Gasteiger partial charge is 0.407 e. The predicted molar refractivity (Wildman–Crippen MR) is 75.7 cm³/mol. The monoisotopic (exact) mass is 313 g/mol. The highest BCUT2D eigenvalue weighted by Crippen LogP contribution is 2.21. The van der Waals surface area contributed by atoms with Gasteiger partial charge in [0.05, 0.1) is 5.69 Å². The van der Waals surface area contributed by atoms with Gasteiger partial charge in [0, 0.05) is 24.9 Å². The molecule has 0 aromatic carbocycles. The molecule has 0 saturated carbocycles. The largest absolute Gasteiger partial charge is 0.444 e. The second-order valence-electron chi connectivity index (χ2n) is 6.15. The summed E-state index contributed by atoms with van der Waals surface area (Å²) in [5.41, 5.74) is 0.952. The minimum Gasteiger partial charge on any atom is -0.444 e. The normalized spacial score (nSPS) is 18.2. The molecule has 116 valence electrons. The summed E-state index contributed by atoms with van der Waals surface area (Å²) in [6, 6.07) is -0.154. The lowest BCUT2D eigenvalue weighted by molar-refractivity contribution is 0.0506. The van der Waals surface area contributed by atoms with Crippen molar-refractivity contribution >= 4 is 15.9 Å². The number of ether oxygens (including phenoxy) is 1. The lowest BCUT2D eigenvalue weighted by atomic mass is 10.2. The average Bonchev–Trinajstić information content (AvgIpc) is 2.65. The summed E-state index contributed by atoms with van der Waals surface area (Å²) >= 11 is 0. The molecule has 0 saturated heterocycles. The van der Waals surface area contributed by atoms with Gasteiger partial charge in [-0.2, -0.15) is 0 Å². The zero-order valence-electron chi connectivity index (χ0n) is 12.5. The van der Waals surface area contributed by atoms with Crippen molar-refractivity contribution in [1.82, 2.24) is 15.3 Å². The Kier molecular flexibility index (Phi) is 3.92. The highest BCUT2D eigenvalue weighted by atomic mass is 32.2. The Morgan fingerprint density at radius 2 is 2.05 bits per heavy atom. The zero-order chi connectivity index (χ0) is 15.8. The molecule has 1 aromatic rings. The van der Waals surface area contributed by atoms with Crippen molar-refractivity contribution in [2.24, 2.45) is 0 Å². The van der Waals surface area contributed by atoms with Crippen molar-refractivity contribution in [3.05, 3.63) is 17.5 Å². The first-order valence-corrected chi connectivity index (χ1v) is 8.48. The van der Waals surface area contributed by atoms with E-state index in [1.165, 1.54) is 6.20 Å². The maximum absolute atomic E-state index is 11.7. The van der Waals surface area contributed by atoms with Gasteiger partial charge < -0.3 is 10.1 Å². The van der Waals surface area contributed by atoms with E-state index in [1.807, 2.05) is 0 Å². The molecule has 0 fully saturated rings. The topological polar surface area (TPSA) is 98.2 Å². The number of amides is 1. The second kappa shape index (κ2) is 5.25. The number of sulfone groups is 1.